The molecular formula is C17H25N3O2S. The molecule has 3 rings (SSSR count). The van der Waals surface area contributed by atoms with E-state index in [4.69, 9.17) is 0 Å². The van der Waals surface area contributed by atoms with Crippen LogP contribution in [0.15, 0.2) is 9.90 Å². The van der Waals surface area contributed by atoms with Gasteiger partial charge in [-0.3, -0.25) is 14.2 Å². The van der Waals surface area contributed by atoms with Crippen molar-refractivity contribution in [3.8, 4) is 0 Å². The summed E-state index contributed by atoms with van der Waals surface area (Å²) in [5.41, 5.74) is 4.97. The number of hydrazone groups is 1. The lowest BCUT2D eigenvalue weighted by Crippen LogP contribution is -2.35. The number of amides is 1. The molecule has 1 aromatic heterocycles. The number of nitrogens with one attached hydrogen (secondary N) is 1. The molecule has 1 amide bonds. The smallest absolute Gasteiger partial charge is 0.294 e. The predicted molar refractivity (Wildman–Crippen MR) is 92.9 cm³/mol. The third kappa shape index (κ3) is 2.38. The second-order valence-electron chi connectivity index (χ2n) is 7.68. The van der Waals surface area contributed by atoms with Crippen LogP contribution in [0, 0.1) is 30.6 Å². The Morgan fingerprint density at radius 1 is 1.39 bits per heavy atom. The van der Waals surface area contributed by atoms with Crippen molar-refractivity contribution in [2.24, 2.45) is 21.8 Å². The van der Waals surface area contributed by atoms with Crippen LogP contribution >= 0.6 is 11.3 Å². The molecule has 2 unspecified atom stereocenters. The first-order chi connectivity index (χ1) is 10.7. The van der Waals surface area contributed by atoms with E-state index >= 15 is 0 Å². The van der Waals surface area contributed by atoms with Gasteiger partial charge in [0.05, 0.1) is 0 Å². The van der Waals surface area contributed by atoms with Gasteiger partial charge in [-0.05, 0) is 44.4 Å². The van der Waals surface area contributed by atoms with Gasteiger partial charge < -0.3 is 0 Å². The van der Waals surface area contributed by atoms with E-state index in [-0.39, 0.29) is 28.2 Å². The Bertz CT molecular complexity index is 744. The molecule has 5 nitrogen and oxygen atoms in total. The summed E-state index contributed by atoms with van der Waals surface area (Å²) in [6, 6.07) is 0. The van der Waals surface area contributed by atoms with Crippen molar-refractivity contribution in [3.05, 3.63) is 20.2 Å². The SMILES string of the molecule is Cc1sc(=O)n(CC(=O)NN=C2CC3CCC2(C)C3(C)C)c1C. The molecule has 2 aliphatic rings. The maximum atomic E-state index is 12.2. The quantitative estimate of drug-likeness (QED) is 0.863. The Hall–Kier alpha value is -1.43. The van der Waals surface area contributed by atoms with E-state index in [1.807, 2.05) is 13.8 Å². The van der Waals surface area contributed by atoms with E-state index in [2.05, 4.69) is 31.3 Å². The van der Waals surface area contributed by atoms with Gasteiger partial charge >= 0.3 is 4.87 Å². The molecule has 126 valence electrons. The minimum absolute atomic E-state index is 0.0370. The first-order valence-electron chi connectivity index (χ1n) is 8.19. The van der Waals surface area contributed by atoms with Gasteiger partial charge in [-0.2, -0.15) is 5.10 Å². The molecule has 1 N–H and O–H groups in total. The maximum Gasteiger partial charge on any atom is 0.308 e. The zero-order chi connectivity index (χ0) is 17.0. The largest absolute Gasteiger partial charge is 0.308 e. The van der Waals surface area contributed by atoms with E-state index in [9.17, 15) is 9.59 Å². The number of carbonyl (C=O) groups is 1. The fourth-order valence-corrected chi connectivity index (χ4v) is 5.01. The van der Waals surface area contributed by atoms with Gasteiger partial charge in [0.15, 0.2) is 0 Å². The van der Waals surface area contributed by atoms with Crippen LogP contribution in [-0.2, 0) is 11.3 Å². The summed E-state index contributed by atoms with van der Waals surface area (Å²) in [6.07, 6.45) is 3.36. The van der Waals surface area contributed by atoms with Crippen molar-refractivity contribution in [2.45, 2.75) is 60.4 Å². The van der Waals surface area contributed by atoms with Crippen molar-refractivity contribution < 1.29 is 4.79 Å². The number of thiazole rings is 1. The lowest BCUT2D eigenvalue weighted by molar-refractivity contribution is -0.121. The Balaban J connectivity index is 1.72. The van der Waals surface area contributed by atoms with Gasteiger partial charge in [0, 0.05) is 21.7 Å². The number of hydrogen-bond acceptors (Lipinski definition) is 4. The lowest BCUT2D eigenvalue weighted by Gasteiger charge is -2.34. The Labute approximate surface area is 140 Å². The number of nitrogens with zero attached hydrogens (tertiary/aromatic N) is 2. The zero-order valence-electron chi connectivity index (χ0n) is 14.5. The van der Waals surface area contributed by atoms with E-state index in [1.165, 1.54) is 22.3 Å². The molecule has 0 aliphatic heterocycles. The normalized spacial score (nSPS) is 30.1. The zero-order valence-corrected chi connectivity index (χ0v) is 15.3. The van der Waals surface area contributed by atoms with Crippen LogP contribution in [0.3, 0.4) is 0 Å². The average molecular weight is 335 g/mol. The molecule has 1 heterocycles. The second-order valence-corrected chi connectivity index (χ2v) is 8.85. The molecule has 2 fully saturated rings. The monoisotopic (exact) mass is 335 g/mol. The van der Waals surface area contributed by atoms with Crippen molar-refractivity contribution in [3.63, 3.8) is 0 Å². The molecule has 2 saturated carbocycles. The van der Waals surface area contributed by atoms with E-state index in [1.54, 1.807) is 0 Å². The Morgan fingerprint density at radius 3 is 2.57 bits per heavy atom. The first kappa shape index (κ1) is 16.4. The van der Waals surface area contributed by atoms with Crippen LogP contribution in [0.25, 0.3) is 0 Å². The van der Waals surface area contributed by atoms with Gasteiger partial charge in [-0.25, -0.2) is 5.43 Å². The molecule has 1 aromatic rings. The summed E-state index contributed by atoms with van der Waals surface area (Å²) in [6.45, 7) is 10.7. The van der Waals surface area contributed by atoms with Crippen LogP contribution < -0.4 is 10.3 Å². The number of rotatable bonds is 3. The van der Waals surface area contributed by atoms with Crippen LogP contribution in [0.5, 0.6) is 0 Å². The molecule has 6 heteroatoms. The summed E-state index contributed by atoms with van der Waals surface area (Å²) in [5.74, 6) is 0.428. The summed E-state index contributed by atoms with van der Waals surface area (Å²) in [4.78, 5) is 24.9. The number of hydrogen-bond donors (Lipinski definition) is 1. The molecule has 0 spiro atoms. The Morgan fingerprint density at radius 2 is 2.09 bits per heavy atom. The highest BCUT2D eigenvalue weighted by molar-refractivity contribution is 7.09. The van der Waals surface area contributed by atoms with Gasteiger partial charge in [-0.1, -0.05) is 32.1 Å². The van der Waals surface area contributed by atoms with Crippen LogP contribution in [0.1, 0.15) is 50.6 Å². The minimum atomic E-state index is -0.232. The van der Waals surface area contributed by atoms with Gasteiger partial charge in [0.25, 0.3) is 5.91 Å². The van der Waals surface area contributed by atoms with Crippen molar-refractivity contribution in [2.75, 3.05) is 0 Å². The third-order valence-corrected chi connectivity index (χ3v) is 7.50. The standard InChI is InChI=1S/C17H25N3O2S/c1-10-11(2)23-15(22)20(10)9-14(21)19-18-13-8-12-6-7-17(13,5)16(12,3)4/h12H,6-9H2,1-5H3,(H,19,21). The van der Waals surface area contributed by atoms with Crippen molar-refractivity contribution in [1.82, 2.24) is 9.99 Å². The van der Waals surface area contributed by atoms with Crippen molar-refractivity contribution in [1.29, 1.82) is 0 Å². The van der Waals surface area contributed by atoms with Crippen LogP contribution in [0.4, 0.5) is 0 Å². The highest BCUT2D eigenvalue weighted by Gasteiger charge is 2.59. The molecule has 23 heavy (non-hydrogen) atoms. The van der Waals surface area contributed by atoms with Gasteiger partial charge in [0.1, 0.15) is 6.54 Å². The minimum Gasteiger partial charge on any atom is -0.294 e. The average Bonchev–Trinajstić information content (AvgIpc) is 2.93. The maximum absolute atomic E-state index is 12.2. The van der Waals surface area contributed by atoms with Crippen molar-refractivity contribution >= 4 is 23.0 Å². The van der Waals surface area contributed by atoms with E-state index in [0.29, 0.717) is 5.92 Å². The number of carbonyl (C=O) groups excluding carboxylic acids is 1. The van der Waals surface area contributed by atoms with Crippen LogP contribution in [0.2, 0.25) is 0 Å². The summed E-state index contributed by atoms with van der Waals surface area (Å²) >= 11 is 1.18. The summed E-state index contributed by atoms with van der Waals surface area (Å²) in [7, 11) is 0. The highest BCUT2D eigenvalue weighted by Crippen LogP contribution is 2.63. The third-order valence-electron chi connectivity index (χ3n) is 6.50. The molecule has 2 bridgehead atoms. The fraction of sp³-hybridized carbons (Fsp3) is 0.706. The van der Waals surface area contributed by atoms with Gasteiger partial charge in [0.2, 0.25) is 0 Å². The first-order valence-corrected chi connectivity index (χ1v) is 9.01. The second kappa shape index (κ2) is 5.30. The molecular weight excluding hydrogens is 310 g/mol. The summed E-state index contributed by atoms with van der Waals surface area (Å²) in [5, 5.41) is 4.44. The molecule has 0 aromatic carbocycles. The predicted octanol–water partition coefficient (Wildman–Crippen LogP) is 2.85. The fourth-order valence-electron chi connectivity index (χ4n) is 4.18. The topological polar surface area (TPSA) is 63.5 Å². The number of fused-ring (bicyclic) bond motifs is 2. The highest BCUT2D eigenvalue weighted by atomic mass is 32.1. The number of aromatic nitrogens is 1. The van der Waals surface area contributed by atoms with Gasteiger partial charge in [-0.15, -0.1) is 0 Å². The number of aryl methyl sites for hydroxylation is 1. The summed E-state index contributed by atoms with van der Waals surface area (Å²) < 4.78 is 1.52. The Kier molecular flexibility index (Phi) is 3.78. The lowest BCUT2D eigenvalue weighted by atomic mass is 9.70. The molecule has 0 saturated heterocycles. The van der Waals surface area contributed by atoms with E-state index in [0.717, 1.165) is 29.1 Å². The molecule has 2 atom stereocenters. The van der Waals surface area contributed by atoms with E-state index < -0.39 is 0 Å². The molecule has 0 radical (unpaired) electrons. The molecule has 2 aliphatic carbocycles. The van der Waals surface area contributed by atoms with Crippen LogP contribution in [-0.4, -0.2) is 16.2 Å².